The highest BCUT2D eigenvalue weighted by atomic mass is 16.4. The summed E-state index contributed by atoms with van der Waals surface area (Å²) in [4.78, 5) is 26.0. The van der Waals surface area contributed by atoms with Crippen molar-refractivity contribution < 1.29 is 14.7 Å². The summed E-state index contributed by atoms with van der Waals surface area (Å²) in [6.45, 7) is 1.02. The molecule has 0 spiro atoms. The molecular weight excluding hydrogens is 278 g/mol. The number of carbonyl (C=O) groups is 2. The monoisotopic (exact) mass is 301 g/mol. The molecule has 0 radical (unpaired) electrons. The lowest BCUT2D eigenvalue weighted by Gasteiger charge is -2.37. The number of nitrogens with zero attached hydrogens (tertiary/aromatic N) is 1. The number of carbonyl (C=O) groups excluding carboxylic acids is 1. The summed E-state index contributed by atoms with van der Waals surface area (Å²) in [6.07, 6.45) is 4.78. The predicted octanol–water partition coefficient (Wildman–Crippen LogP) is 2.89. The van der Waals surface area contributed by atoms with Crippen LogP contribution < -0.4 is 0 Å². The van der Waals surface area contributed by atoms with E-state index < -0.39 is 11.9 Å². The van der Waals surface area contributed by atoms with Gasteiger partial charge in [-0.05, 0) is 24.8 Å². The molecule has 0 aromatic heterocycles. The van der Waals surface area contributed by atoms with Crippen molar-refractivity contribution in [2.24, 2.45) is 11.8 Å². The number of rotatable bonds is 3. The first-order valence-electron chi connectivity index (χ1n) is 8.21. The fourth-order valence-electron chi connectivity index (χ4n) is 3.86. The van der Waals surface area contributed by atoms with Gasteiger partial charge in [-0.15, -0.1) is 0 Å². The smallest absolute Gasteiger partial charge is 0.308 e. The van der Waals surface area contributed by atoms with Gasteiger partial charge in [-0.2, -0.15) is 0 Å². The number of hydrogen-bond acceptors (Lipinski definition) is 2. The Morgan fingerprint density at radius 2 is 1.68 bits per heavy atom. The van der Waals surface area contributed by atoms with Gasteiger partial charge >= 0.3 is 5.97 Å². The molecule has 1 aromatic carbocycles. The summed E-state index contributed by atoms with van der Waals surface area (Å²) in [5.74, 6) is -0.830. The fourth-order valence-corrected chi connectivity index (χ4v) is 3.86. The lowest BCUT2D eigenvalue weighted by molar-refractivity contribution is -0.147. The van der Waals surface area contributed by atoms with Crippen molar-refractivity contribution in [1.82, 2.24) is 4.90 Å². The van der Waals surface area contributed by atoms with Crippen LogP contribution in [-0.2, 0) is 9.59 Å². The predicted molar refractivity (Wildman–Crippen MR) is 83.5 cm³/mol. The second-order valence-electron chi connectivity index (χ2n) is 6.60. The number of hydrogen-bond donors (Lipinski definition) is 1. The van der Waals surface area contributed by atoms with Gasteiger partial charge in [0.25, 0.3) is 0 Å². The van der Waals surface area contributed by atoms with E-state index >= 15 is 0 Å². The van der Waals surface area contributed by atoms with E-state index in [9.17, 15) is 14.7 Å². The molecular formula is C18H23NO3. The van der Waals surface area contributed by atoms with Crippen LogP contribution >= 0.6 is 0 Å². The number of carboxylic acids is 1. The Kier molecular flexibility index (Phi) is 4.46. The Morgan fingerprint density at radius 3 is 2.32 bits per heavy atom. The molecule has 4 heteroatoms. The van der Waals surface area contributed by atoms with Crippen molar-refractivity contribution >= 4 is 11.9 Å². The molecule has 22 heavy (non-hydrogen) atoms. The SMILES string of the molecule is O=C(O)[C@H]1C[C@H](c2ccccc2)CN(C(=O)C2CCCC2)C1. The normalized spacial score (nSPS) is 26.1. The average molecular weight is 301 g/mol. The van der Waals surface area contributed by atoms with Crippen molar-refractivity contribution in [2.75, 3.05) is 13.1 Å². The third-order valence-electron chi connectivity index (χ3n) is 5.09. The molecule has 2 aliphatic rings. The van der Waals surface area contributed by atoms with Crippen LogP contribution in [0.4, 0.5) is 0 Å². The van der Waals surface area contributed by atoms with E-state index in [0.29, 0.717) is 19.5 Å². The van der Waals surface area contributed by atoms with Gasteiger partial charge < -0.3 is 10.0 Å². The Morgan fingerprint density at radius 1 is 1.00 bits per heavy atom. The maximum absolute atomic E-state index is 12.7. The summed E-state index contributed by atoms with van der Waals surface area (Å²) >= 11 is 0. The van der Waals surface area contributed by atoms with Gasteiger partial charge in [0, 0.05) is 24.9 Å². The van der Waals surface area contributed by atoms with E-state index in [1.54, 1.807) is 0 Å². The van der Waals surface area contributed by atoms with Gasteiger partial charge in [0.2, 0.25) is 5.91 Å². The number of carboxylic acid groups (broad SMARTS) is 1. The highest BCUT2D eigenvalue weighted by Gasteiger charge is 2.37. The third kappa shape index (κ3) is 3.16. The van der Waals surface area contributed by atoms with E-state index in [2.05, 4.69) is 0 Å². The quantitative estimate of drug-likeness (QED) is 0.934. The van der Waals surface area contributed by atoms with Crippen LogP contribution in [0.5, 0.6) is 0 Å². The Bertz CT molecular complexity index is 537. The van der Waals surface area contributed by atoms with E-state index in [1.165, 1.54) is 0 Å². The first-order valence-corrected chi connectivity index (χ1v) is 8.21. The number of amides is 1. The van der Waals surface area contributed by atoms with Crippen LogP contribution in [0.2, 0.25) is 0 Å². The largest absolute Gasteiger partial charge is 0.481 e. The number of benzene rings is 1. The van der Waals surface area contributed by atoms with Crippen LogP contribution in [0.25, 0.3) is 0 Å². The molecule has 3 rings (SSSR count). The highest BCUT2D eigenvalue weighted by Crippen LogP contribution is 2.33. The zero-order chi connectivity index (χ0) is 15.5. The minimum Gasteiger partial charge on any atom is -0.481 e. The van der Waals surface area contributed by atoms with Gasteiger partial charge in [-0.3, -0.25) is 9.59 Å². The maximum atomic E-state index is 12.7. The molecule has 118 valence electrons. The molecule has 0 bridgehead atoms. The lowest BCUT2D eigenvalue weighted by Crippen LogP contribution is -2.47. The molecule has 1 amide bonds. The molecule has 4 nitrogen and oxygen atoms in total. The molecule has 0 unspecified atom stereocenters. The van der Waals surface area contributed by atoms with Crippen LogP contribution in [-0.4, -0.2) is 35.0 Å². The number of likely N-dealkylation sites (tertiary alicyclic amines) is 1. The summed E-state index contributed by atoms with van der Waals surface area (Å²) < 4.78 is 0. The van der Waals surface area contributed by atoms with Crippen LogP contribution in [0.15, 0.2) is 30.3 Å². The number of piperidine rings is 1. The number of aliphatic carboxylic acids is 1. The highest BCUT2D eigenvalue weighted by molar-refractivity contribution is 5.80. The topological polar surface area (TPSA) is 57.6 Å². The van der Waals surface area contributed by atoms with Crippen LogP contribution in [0, 0.1) is 11.8 Å². The van der Waals surface area contributed by atoms with Crippen LogP contribution in [0.3, 0.4) is 0 Å². The van der Waals surface area contributed by atoms with E-state index in [1.807, 2.05) is 35.2 Å². The van der Waals surface area contributed by atoms with Gasteiger partial charge in [-0.1, -0.05) is 43.2 Å². The zero-order valence-electron chi connectivity index (χ0n) is 12.8. The van der Waals surface area contributed by atoms with E-state index in [-0.39, 0.29) is 17.7 Å². The van der Waals surface area contributed by atoms with Crippen molar-refractivity contribution in [1.29, 1.82) is 0 Å². The molecule has 1 saturated carbocycles. The zero-order valence-corrected chi connectivity index (χ0v) is 12.8. The van der Waals surface area contributed by atoms with Crippen molar-refractivity contribution in [3.8, 4) is 0 Å². The maximum Gasteiger partial charge on any atom is 0.308 e. The summed E-state index contributed by atoms with van der Waals surface area (Å²) in [7, 11) is 0. The van der Waals surface area contributed by atoms with E-state index in [4.69, 9.17) is 0 Å². The second kappa shape index (κ2) is 6.51. The molecule has 1 aliphatic carbocycles. The molecule has 2 atom stereocenters. The van der Waals surface area contributed by atoms with Gasteiger partial charge in [-0.25, -0.2) is 0 Å². The van der Waals surface area contributed by atoms with Crippen molar-refractivity contribution in [3.05, 3.63) is 35.9 Å². The second-order valence-corrected chi connectivity index (χ2v) is 6.60. The fraction of sp³-hybridized carbons (Fsp3) is 0.556. The van der Waals surface area contributed by atoms with Crippen molar-refractivity contribution in [3.63, 3.8) is 0 Å². The minimum atomic E-state index is -0.787. The first kappa shape index (κ1) is 15.1. The van der Waals surface area contributed by atoms with Gasteiger partial charge in [0.05, 0.1) is 5.92 Å². The summed E-state index contributed by atoms with van der Waals surface area (Å²) in [6, 6.07) is 9.98. The standard InChI is InChI=1S/C18H23NO3/c20-17(14-8-4-5-9-14)19-11-15(10-16(12-19)18(21)22)13-6-2-1-3-7-13/h1-3,6-7,14-16H,4-5,8-12H2,(H,21,22)/t15-,16-/m0/s1. The van der Waals surface area contributed by atoms with E-state index in [0.717, 1.165) is 31.2 Å². The molecule has 1 N–H and O–H groups in total. The first-order chi connectivity index (χ1) is 10.6. The van der Waals surface area contributed by atoms with Gasteiger partial charge in [0.15, 0.2) is 0 Å². The molecule has 1 aliphatic heterocycles. The summed E-state index contributed by atoms with van der Waals surface area (Å²) in [5.41, 5.74) is 1.14. The van der Waals surface area contributed by atoms with Gasteiger partial charge in [0.1, 0.15) is 0 Å². The molecule has 2 fully saturated rings. The average Bonchev–Trinajstić information content (AvgIpc) is 3.09. The molecule has 1 heterocycles. The Hall–Kier alpha value is -1.84. The third-order valence-corrected chi connectivity index (χ3v) is 5.09. The van der Waals surface area contributed by atoms with Crippen LogP contribution in [0.1, 0.15) is 43.6 Å². The lowest BCUT2D eigenvalue weighted by atomic mass is 9.84. The Labute approximate surface area is 131 Å². The minimum absolute atomic E-state index is 0.115. The molecule has 1 saturated heterocycles. The Balaban J connectivity index is 1.78. The molecule has 1 aromatic rings. The summed E-state index contributed by atoms with van der Waals surface area (Å²) in [5, 5.41) is 9.43. The van der Waals surface area contributed by atoms with Crippen molar-refractivity contribution in [2.45, 2.75) is 38.0 Å².